The molecule has 1 aromatic carbocycles. The summed E-state index contributed by atoms with van der Waals surface area (Å²) in [6, 6.07) is 4.12. The van der Waals surface area contributed by atoms with Gasteiger partial charge in [0.2, 0.25) is 5.91 Å². The Morgan fingerprint density at radius 1 is 1.14 bits per heavy atom. The fourth-order valence-electron chi connectivity index (χ4n) is 5.07. The van der Waals surface area contributed by atoms with Crippen LogP contribution >= 0.6 is 0 Å². The van der Waals surface area contributed by atoms with Crippen molar-refractivity contribution in [3.05, 3.63) is 47.3 Å². The van der Waals surface area contributed by atoms with E-state index in [0.29, 0.717) is 37.1 Å². The lowest BCUT2D eigenvalue weighted by Gasteiger charge is -2.33. The number of hydrogen-bond donors (Lipinski definition) is 2. The number of likely N-dealkylation sites (N-methyl/N-ethyl adjacent to an activating group) is 1. The number of cyclic esters (lactones) is 1. The quantitative estimate of drug-likeness (QED) is 0.380. The maximum absolute atomic E-state index is 14.4. The summed E-state index contributed by atoms with van der Waals surface area (Å²) in [5.41, 5.74) is 1.36. The number of rotatable bonds is 6. The normalized spacial score (nSPS) is 27.3. The predicted molar refractivity (Wildman–Crippen MR) is 157 cm³/mol. The number of aliphatic hydroxyl groups is 1. The summed E-state index contributed by atoms with van der Waals surface area (Å²) in [6.07, 6.45) is 3.57. The predicted octanol–water partition coefficient (Wildman–Crippen LogP) is 3.85. The van der Waals surface area contributed by atoms with Crippen molar-refractivity contribution in [1.82, 2.24) is 9.80 Å². The number of nitrogens with zero attached hydrogens (tertiary/aromatic N) is 2. The molecule has 0 spiro atoms. The molecule has 2 N–H and O–H groups in total. The molecule has 1 fully saturated rings. The first-order valence-electron chi connectivity index (χ1n) is 14.4. The third kappa shape index (κ3) is 10.2. The summed E-state index contributed by atoms with van der Waals surface area (Å²) in [5.74, 6) is -1.94. The molecule has 0 bridgehead atoms. The van der Waals surface area contributed by atoms with E-state index in [-0.39, 0.29) is 36.6 Å². The van der Waals surface area contributed by atoms with Crippen LogP contribution in [0.2, 0.25) is 0 Å². The highest BCUT2D eigenvalue weighted by atomic mass is 19.1. The van der Waals surface area contributed by atoms with Gasteiger partial charge < -0.3 is 34.4 Å². The minimum Gasteiger partial charge on any atom is -0.457 e. The van der Waals surface area contributed by atoms with Crippen molar-refractivity contribution in [2.24, 2.45) is 11.8 Å². The molecule has 1 aromatic rings. The number of ether oxygens (including phenoxy) is 3. The van der Waals surface area contributed by atoms with Crippen molar-refractivity contribution in [2.75, 3.05) is 52.3 Å². The van der Waals surface area contributed by atoms with Gasteiger partial charge in [-0.3, -0.25) is 9.59 Å². The SMILES string of the molecule is COCC(=O)Nc1cc(F)cc(/C=C(\C)[C@H]2OC(=O)C[C@@H](O)CC[C@@H](C)[C@@H](OC(=O)N3CCN(C)CC3)/C=C\[C@@H]2C)c1. The third-order valence-corrected chi connectivity index (χ3v) is 7.58. The molecule has 0 aromatic heterocycles. The van der Waals surface area contributed by atoms with Gasteiger partial charge in [0.25, 0.3) is 0 Å². The molecule has 0 radical (unpaired) electrons. The Hall–Kier alpha value is -3.28. The number of nitrogens with one attached hydrogen (secondary N) is 1. The van der Waals surface area contributed by atoms with Crippen molar-refractivity contribution in [3.63, 3.8) is 0 Å². The Balaban J connectivity index is 1.85. The van der Waals surface area contributed by atoms with E-state index >= 15 is 0 Å². The zero-order valence-electron chi connectivity index (χ0n) is 25.2. The zero-order chi connectivity index (χ0) is 30.8. The number of esters is 1. The average Bonchev–Trinajstić information content (AvgIpc) is 2.91. The number of amides is 2. The summed E-state index contributed by atoms with van der Waals surface area (Å²) in [5, 5.41) is 13.1. The van der Waals surface area contributed by atoms with Crippen LogP contribution in [0.15, 0.2) is 35.9 Å². The number of anilines is 1. The van der Waals surface area contributed by atoms with Crippen LogP contribution in [-0.4, -0.2) is 98.1 Å². The summed E-state index contributed by atoms with van der Waals surface area (Å²) >= 11 is 0. The van der Waals surface area contributed by atoms with Crippen LogP contribution in [0.1, 0.15) is 45.6 Å². The number of benzene rings is 1. The largest absolute Gasteiger partial charge is 0.457 e. The molecule has 2 aliphatic rings. The number of carbonyl (C=O) groups excluding carboxylic acids is 3. The highest BCUT2D eigenvalue weighted by Gasteiger charge is 2.29. The molecule has 10 nitrogen and oxygen atoms in total. The van der Waals surface area contributed by atoms with Gasteiger partial charge >= 0.3 is 12.1 Å². The van der Waals surface area contributed by atoms with Crippen molar-refractivity contribution < 1.29 is 38.1 Å². The van der Waals surface area contributed by atoms with Gasteiger partial charge in [-0.1, -0.05) is 26.0 Å². The summed E-state index contributed by atoms with van der Waals surface area (Å²) in [4.78, 5) is 41.5. The summed E-state index contributed by atoms with van der Waals surface area (Å²) in [7, 11) is 3.41. The van der Waals surface area contributed by atoms with E-state index in [1.807, 2.05) is 33.0 Å². The van der Waals surface area contributed by atoms with E-state index in [1.165, 1.54) is 19.2 Å². The maximum Gasteiger partial charge on any atom is 0.410 e. The zero-order valence-corrected chi connectivity index (χ0v) is 25.2. The number of aliphatic hydroxyl groups excluding tert-OH is 1. The number of halogens is 1. The fourth-order valence-corrected chi connectivity index (χ4v) is 5.07. The lowest BCUT2D eigenvalue weighted by atomic mass is 9.91. The topological polar surface area (TPSA) is 118 Å². The van der Waals surface area contributed by atoms with E-state index in [1.54, 1.807) is 24.0 Å². The molecule has 0 aliphatic carbocycles. The number of carbonyl (C=O) groups is 3. The number of piperazine rings is 1. The minimum atomic E-state index is -0.904. The molecule has 2 aliphatic heterocycles. The van der Waals surface area contributed by atoms with E-state index < -0.39 is 36.0 Å². The highest BCUT2D eigenvalue weighted by Crippen LogP contribution is 2.26. The molecular weight excluding hydrogens is 545 g/mol. The maximum atomic E-state index is 14.4. The van der Waals surface area contributed by atoms with Gasteiger partial charge in [-0.05, 0) is 68.1 Å². The first-order valence-corrected chi connectivity index (χ1v) is 14.4. The fraction of sp³-hybridized carbons (Fsp3) is 0.581. The van der Waals surface area contributed by atoms with E-state index in [9.17, 15) is 23.9 Å². The Bertz CT molecular complexity index is 1150. The van der Waals surface area contributed by atoms with Gasteiger partial charge in [-0.25, -0.2) is 9.18 Å². The van der Waals surface area contributed by atoms with Crippen LogP contribution in [0.4, 0.5) is 14.9 Å². The molecule has 3 rings (SSSR count). The lowest BCUT2D eigenvalue weighted by molar-refractivity contribution is -0.151. The Morgan fingerprint density at radius 3 is 2.55 bits per heavy atom. The smallest absolute Gasteiger partial charge is 0.410 e. The second kappa shape index (κ2) is 15.8. The van der Waals surface area contributed by atoms with Gasteiger partial charge in [-0.2, -0.15) is 0 Å². The summed E-state index contributed by atoms with van der Waals surface area (Å²) in [6.45, 7) is 8.18. The second-order valence-electron chi connectivity index (χ2n) is 11.3. The van der Waals surface area contributed by atoms with Crippen LogP contribution in [-0.2, 0) is 23.8 Å². The minimum absolute atomic E-state index is 0.0934. The van der Waals surface area contributed by atoms with Crippen LogP contribution in [0.25, 0.3) is 6.08 Å². The van der Waals surface area contributed by atoms with Gasteiger partial charge in [0.05, 0.1) is 12.5 Å². The van der Waals surface area contributed by atoms with Crippen LogP contribution in [0.5, 0.6) is 0 Å². The van der Waals surface area contributed by atoms with Gasteiger partial charge in [0.15, 0.2) is 0 Å². The van der Waals surface area contributed by atoms with Crippen LogP contribution in [0, 0.1) is 17.7 Å². The van der Waals surface area contributed by atoms with Crippen molar-refractivity contribution in [3.8, 4) is 0 Å². The van der Waals surface area contributed by atoms with Gasteiger partial charge in [-0.15, -0.1) is 0 Å². The van der Waals surface area contributed by atoms with E-state index in [2.05, 4.69) is 10.2 Å². The molecule has 2 heterocycles. The van der Waals surface area contributed by atoms with Crippen molar-refractivity contribution >= 4 is 29.7 Å². The first-order chi connectivity index (χ1) is 19.9. The molecule has 1 saturated heterocycles. The van der Waals surface area contributed by atoms with Crippen molar-refractivity contribution in [2.45, 2.75) is 58.3 Å². The second-order valence-corrected chi connectivity index (χ2v) is 11.3. The Morgan fingerprint density at radius 2 is 1.86 bits per heavy atom. The number of hydrogen-bond acceptors (Lipinski definition) is 8. The van der Waals surface area contributed by atoms with Crippen LogP contribution in [0.3, 0.4) is 0 Å². The molecule has 42 heavy (non-hydrogen) atoms. The van der Waals surface area contributed by atoms with E-state index in [0.717, 1.165) is 13.1 Å². The van der Waals surface area contributed by atoms with Gasteiger partial charge in [0.1, 0.15) is 24.6 Å². The molecule has 11 heteroatoms. The molecule has 5 atom stereocenters. The van der Waals surface area contributed by atoms with Gasteiger partial charge in [0, 0.05) is 44.9 Å². The van der Waals surface area contributed by atoms with E-state index in [4.69, 9.17) is 14.2 Å². The molecule has 232 valence electrons. The summed E-state index contributed by atoms with van der Waals surface area (Å²) < 4.78 is 31.0. The van der Waals surface area contributed by atoms with Crippen LogP contribution < -0.4 is 5.32 Å². The highest BCUT2D eigenvalue weighted by molar-refractivity contribution is 5.92. The molecular formula is C31H44FN3O7. The Labute approximate surface area is 247 Å². The average molecular weight is 590 g/mol. The molecule has 0 saturated carbocycles. The number of methoxy groups -OCH3 is 1. The standard InChI is InChI=1S/C31H44FN3O7/c1-20-6-8-26(36)18-29(38)42-30(21(2)7-9-27(20)41-31(39)35-12-10-34(4)11-13-35)22(3)14-23-15-24(32)17-25(16-23)33-28(37)19-40-5/h7,9,14-17,20-21,26-27,30,36H,6,8,10-13,18-19H2,1-5H3,(H,33,37)/b9-7-,22-14+/t20-,21+,26+,27+,30+/m1/s1. The van der Waals surface area contributed by atoms with Crippen molar-refractivity contribution in [1.29, 1.82) is 0 Å². The lowest BCUT2D eigenvalue weighted by Crippen LogP contribution is -2.48. The molecule has 0 unspecified atom stereocenters. The first kappa shape index (κ1) is 33.2. The molecule has 2 amide bonds. The monoisotopic (exact) mass is 589 g/mol. The third-order valence-electron chi connectivity index (χ3n) is 7.58. The Kier molecular flexibility index (Phi) is 12.5.